The summed E-state index contributed by atoms with van der Waals surface area (Å²) in [6.45, 7) is 0. The number of nitrogens with one attached hydrogen (secondary N) is 1. The first-order chi connectivity index (χ1) is 9.01. The van der Waals surface area contributed by atoms with Crippen LogP contribution in [-0.4, -0.2) is 0 Å². The van der Waals surface area contributed by atoms with Crippen molar-refractivity contribution in [2.75, 3.05) is 5.32 Å². The van der Waals surface area contributed by atoms with E-state index < -0.39 is 11.6 Å². The van der Waals surface area contributed by atoms with Crippen molar-refractivity contribution < 1.29 is 8.78 Å². The maximum Gasteiger partial charge on any atom is 0.150 e. The van der Waals surface area contributed by atoms with Crippen LogP contribution in [0.5, 0.6) is 0 Å². The molecule has 96 valence electrons. The Bertz CT molecular complexity index is 660. The van der Waals surface area contributed by atoms with Gasteiger partial charge in [0.25, 0.3) is 0 Å². The van der Waals surface area contributed by atoms with Crippen LogP contribution in [-0.2, 0) is 0 Å². The Hall–Kier alpha value is -1.64. The first-order valence-electron chi connectivity index (χ1n) is 5.12. The van der Waals surface area contributed by atoms with Crippen LogP contribution in [0.25, 0.3) is 0 Å². The van der Waals surface area contributed by atoms with Crippen LogP contribution >= 0.6 is 27.5 Å². The van der Waals surface area contributed by atoms with Gasteiger partial charge in [0, 0.05) is 9.50 Å². The number of rotatable bonds is 2. The van der Waals surface area contributed by atoms with Gasteiger partial charge in [-0.15, -0.1) is 0 Å². The Labute approximate surface area is 121 Å². The smallest absolute Gasteiger partial charge is 0.150 e. The molecule has 0 bridgehead atoms. The molecular formula is C13H6BrClF2N2. The molecule has 2 rings (SSSR count). The summed E-state index contributed by atoms with van der Waals surface area (Å²) < 4.78 is 27.6. The molecule has 0 heterocycles. The van der Waals surface area contributed by atoms with Gasteiger partial charge in [-0.1, -0.05) is 27.5 Å². The van der Waals surface area contributed by atoms with Crippen molar-refractivity contribution in [2.45, 2.75) is 0 Å². The van der Waals surface area contributed by atoms with E-state index in [0.29, 0.717) is 9.50 Å². The summed E-state index contributed by atoms with van der Waals surface area (Å²) in [6.07, 6.45) is 0. The molecule has 0 radical (unpaired) electrons. The van der Waals surface area contributed by atoms with Crippen molar-refractivity contribution in [1.29, 1.82) is 5.26 Å². The second-order valence-corrected chi connectivity index (χ2v) is 5.02. The monoisotopic (exact) mass is 342 g/mol. The van der Waals surface area contributed by atoms with E-state index in [2.05, 4.69) is 21.2 Å². The molecule has 2 aromatic carbocycles. The van der Waals surface area contributed by atoms with E-state index in [0.717, 1.165) is 12.1 Å². The second kappa shape index (κ2) is 5.55. The molecule has 1 N–H and O–H groups in total. The van der Waals surface area contributed by atoms with Gasteiger partial charge in [0.15, 0.2) is 11.6 Å². The van der Waals surface area contributed by atoms with Crippen molar-refractivity contribution in [3.05, 3.63) is 57.0 Å². The zero-order valence-corrected chi connectivity index (χ0v) is 11.7. The second-order valence-electron chi connectivity index (χ2n) is 3.67. The highest BCUT2D eigenvalue weighted by Crippen LogP contribution is 2.29. The minimum absolute atomic E-state index is 0.203. The molecule has 2 aromatic rings. The van der Waals surface area contributed by atoms with E-state index in [-0.39, 0.29) is 16.9 Å². The summed E-state index contributed by atoms with van der Waals surface area (Å²) in [7, 11) is 0. The summed E-state index contributed by atoms with van der Waals surface area (Å²) >= 11 is 8.74. The molecule has 0 saturated heterocycles. The molecule has 0 aromatic heterocycles. The fourth-order valence-corrected chi connectivity index (χ4v) is 2.09. The minimum atomic E-state index is -0.759. The Morgan fingerprint density at radius 2 is 1.79 bits per heavy atom. The minimum Gasteiger partial charge on any atom is -0.350 e. The number of anilines is 2. The van der Waals surface area contributed by atoms with Crippen molar-refractivity contribution in [3.63, 3.8) is 0 Å². The zero-order chi connectivity index (χ0) is 14.0. The Balaban J connectivity index is 2.45. The molecule has 0 fully saturated rings. The summed E-state index contributed by atoms with van der Waals surface area (Å²) in [6, 6.07) is 8.60. The summed E-state index contributed by atoms with van der Waals surface area (Å²) in [5.41, 5.74) is 0.170. The first kappa shape index (κ1) is 13.8. The summed E-state index contributed by atoms with van der Waals surface area (Å²) in [4.78, 5) is 0. The van der Waals surface area contributed by atoms with E-state index >= 15 is 0 Å². The van der Waals surface area contributed by atoms with E-state index in [1.807, 2.05) is 6.07 Å². The summed E-state index contributed by atoms with van der Waals surface area (Å²) in [5, 5.41) is 11.9. The number of benzene rings is 2. The molecule has 0 atom stereocenters. The molecular weight excluding hydrogens is 338 g/mol. The molecule has 19 heavy (non-hydrogen) atoms. The number of halogens is 4. The molecule has 2 nitrogen and oxygen atoms in total. The van der Waals surface area contributed by atoms with Crippen molar-refractivity contribution >= 4 is 38.9 Å². The molecule has 6 heteroatoms. The van der Waals surface area contributed by atoms with Gasteiger partial charge in [-0.05, 0) is 30.3 Å². The molecule has 0 saturated carbocycles. The van der Waals surface area contributed by atoms with Gasteiger partial charge in [0.05, 0.1) is 11.3 Å². The topological polar surface area (TPSA) is 35.8 Å². The predicted molar refractivity (Wildman–Crippen MR) is 73.5 cm³/mol. The Morgan fingerprint density at radius 1 is 1.16 bits per heavy atom. The lowest BCUT2D eigenvalue weighted by Crippen LogP contribution is -1.99. The third-order valence-electron chi connectivity index (χ3n) is 2.37. The van der Waals surface area contributed by atoms with Gasteiger partial charge in [-0.3, -0.25) is 0 Å². The maximum atomic E-state index is 13.7. The maximum absolute atomic E-state index is 13.7. The normalized spacial score (nSPS) is 10.1. The fourth-order valence-electron chi connectivity index (χ4n) is 1.51. The SMILES string of the molecule is N#Cc1cc(Cl)ccc1Nc1c(F)cc(Br)cc1F. The quantitative estimate of drug-likeness (QED) is 0.833. The van der Waals surface area contributed by atoms with Gasteiger partial charge >= 0.3 is 0 Å². The summed E-state index contributed by atoms with van der Waals surface area (Å²) in [5.74, 6) is -1.52. The third kappa shape index (κ3) is 3.03. The number of nitriles is 1. The van der Waals surface area contributed by atoms with Gasteiger partial charge in [-0.25, -0.2) is 8.78 Å². The first-order valence-corrected chi connectivity index (χ1v) is 6.29. The van der Waals surface area contributed by atoms with Crippen LogP contribution in [0.3, 0.4) is 0 Å². The van der Waals surface area contributed by atoms with Crippen LogP contribution in [0.15, 0.2) is 34.8 Å². The molecule has 0 amide bonds. The molecule has 0 aliphatic carbocycles. The third-order valence-corrected chi connectivity index (χ3v) is 3.06. The number of hydrogen-bond acceptors (Lipinski definition) is 2. The number of hydrogen-bond donors (Lipinski definition) is 1. The highest BCUT2D eigenvalue weighted by atomic mass is 79.9. The van der Waals surface area contributed by atoms with Gasteiger partial charge in [0.2, 0.25) is 0 Å². The van der Waals surface area contributed by atoms with Gasteiger partial charge in [-0.2, -0.15) is 5.26 Å². The highest BCUT2D eigenvalue weighted by molar-refractivity contribution is 9.10. The average molecular weight is 344 g/mol. The standard InChI is InChI=1S/C13H6BrClF2N2/c14-8-4-10(16)13(11(17)5-8)19-12-2-1-9(15)3-7(12)6-18/h1-5,19H. The predicted octanol–water partition coefficient (Wildman–Crippen LogP) is 5.00. The van der Waals surface area contributed by atoms with E-state index in [4.69, 9.17) is 16.9 Å². The van der Waals surface area contributed by atoms with Crippen molar-refractivity contribution in [1.82, 2.24) is 0 Å². The molecule has 0 unspecified atom stereocenters. The largest absolute Gasteiger partial charge is 0.350 e. The lowest BCUT2D eigenvalue weighted by Gasteiger charge is -2.10. The molecule has 0 aliphatic heterocycles. The van der Waals surface area contributed by atoms with Crippen LogP contribution in [0.2, 0.25) is 5.02 Å². The lowest BCUT2D eigenvalue weighted by molar-refractivity contribution is 0.589. The van der Waals surface area contributed by atoms with Crippen molar-refractivity contribution in [2.24, 2.45) is 0 Å². The lowest BCUT2D eigenvalue weighted by atomic mass is 10.2. The van der Waals surface area contributed by atoms with Gasteiger partial charge in [0.1, 0.15) is 11.8 Å². The van der Waals surface area contributed by atoms with Crippen LogP contribution in [0.4, 0.5) is 20.2 Å². The van der Waals surface area contributed by atoms with Crippen LogP contribution in [0, 0.1) is 23.0 Å². The van der Waals surface area contributed by atoms with Crippen LogP contribution < -0.4 is 5.32 Å². The van der Waals surface area contributed by atoms with Gasteiger partial charge < -0.3 is 5.32 Å². The van der Waals surface area contributed by atoms with E-state index in [1.54, 1.807) is 0 Å². The van der Waals surface area contributed by atoms with E-state index in [9.17, 15) is 8.78 Å². The molecule has 0 spiro atoms. The van der Waals surface area contributed by atoms with Crippen LogP contribution in [0.1, 0.15) is 5.56 Å². The van der Waals surface area contributed by atoms with E-state index in [1.165, 1.54) is 18.2 Å². The highest BCUT2D eigenvalue weighted by Gasteiger charge is 2.12. The zero-order valence-electron chi connectivity index (χ0n) is 9.35. The molecule has 0 aliphatic rings. The Morgan fingerprint density at radius 3 is 2.37 bits per heavy atom. The Kier molecular flexibility index (Phi) is 4.03. The fraction of sp³-hybridized carbons (Fsp3) is 0. The number of nitrogens with zero attached hydrogens (tertiary/aromatic N) is 1. The average Bonchev–Trinajstić information content (AvgIpc) is 2.35. The van der Waals surface area contributed by atoms with Crippen molar-refractivity contribution in [3.8, 4) is 6.07 Å².